The highest BCUT2D eigenvalue weighted by Gasteiger charge is 2.31. The maximum atomic E-state index is 14.4. The first kappa shape index (κ1) is 16.5. The molecule has 0 aliphatic heterocycles. The Bertz CT molecular complexity index is 447. The van der Waals surface area contributed by atoms with Crippen molar-refractivity contribution < 1.29 is 4.39 Å². The highest BCUT2D eigenvalue weighted by molar-refractivity contribution is 5.27. The van der Waals surface area contributed by atoms with Gasteiger partial charge in [0.1, 0.15) is 5.82 Å². The summed E-state index contributed by atoms with van der Waals surface area (Å²) in [5.41, 5.74) is 2.02. The van der Waals surface area contributed by atoms with Crippen LogP contribution in [0.4, 0.5) is 4.39 Å². The molecule has 0 heterocycles. The van der Waals surface area contributed by atoms with Crippen LogP contribution in [0.1, 0.15) is 63.6 Å². The molecule has 1 N–H and O–H groups in total. The molecule has 0 radical (unpaired) electrons. The van der Waals surface area contributed by atoms with E-state index in [4.69, 9.17) is 0 Å². The van der Waals surface area contributed by atoms with Gasteiger partial charge in [-0.05, 0) is 63.0 Å². The summed E-state index contributed by atoms with van der Waals surface area (Å²) in [6, 6.07) is 5.69. The molecule has 2 rings (SSSR count). The predicted octanol–water partition coefficient (Wildman–Crippen LogP) is 5.25. The van der Waals surface area contributed by atoms with Crippen LogP contribution in [0, 0.1) is 30.5 Å². The van der Waals surface area contributed by atoms with Crippen LogP contribution in [0.2, 0.25) is 0 Å². The molecule has 118 valence electrons. The van der Waals surface area contributed by atoms with E-state index in [0.717, 1.165) is 35.9 Å². The highest BCUT2D eigenvalue weighted by Crippen LogP contribution is 2.40. The van der Waals surface area contributed by atoms with Crippen molar-refractivity contribution in [3.8, 4) is 0 Å². The summed E-state index contributed by atoms with van der Waals surface area (Å²) < 4.78 is 14.4. The van der Waals surface area contributed by atoms with Gasteiger partial charge in [-0.2, -0.15) is 0 Å². The van der Waals surface area contributed by atoms with Crippen LogP contribution in [-0.2, 0) is 0 Å². The van der Waals surface area contributed by atoms with Crippen molar-refractivity contribution in [3.63, 3.8) is 0 Å². The molecule has 3 atom stereocenters. The lowest BCUT2D eigenvalue weighted by molar-refractivity contribution is 0.174. The second kappa shape index (κ2) is 7.40. The van der Waals surface area contributed by atoms with Crippen molar-refractivity contribution >= 4 is 0 Å². The summed E-state index contributed by atoms with van der Waals surface area (Å²) >= 11 is 0. The maximum absolute atomic E-state index is 14.4. The van der Waals surface area contributed by atoms with E-state index < -0.39 is 0 Å². The molecule has 0 spiro atoms. The molecule has 0 aromatic heterocycles. The molecule has 1 nitrogen and oxygen atoms in total. The minimum atomic E-state index is -0.0555. The standard InChI is InChI=1S/C19H30FN/c1-5-8-21-19(16-10-14(3)9-15(4)11-16)17-12-13(2)6-7-18(17)20/h6-7,12,14-16,19,21H,5,8-11H2,1-4H3. The molecule has 0 amide bonds. The number of aryl methyl sites for hydroxylation is 1. The second-order valence-corrected chi connectivity index (χ2v) is 7.13. The van der Waals surface area contributed by atoms with Crippen molar-refractivity contribution in [3.05, 3.63) is 35.1 Å². The van der Waals surface area contributed by atoms with Crippen LogP contribution in [0.15, 0.2) is 18.2 Å². The molecular weight excluding hydrogens is 261 g/mol. The van der Waals surface area contributed by atoms with E-state index in [-0.39, 0.29) is 11.9 Å². The van der Waals surface area contributed by atoms with Crippen LogP contribution in [0.25, 0.3) is 0 Å². The van der Waals surface area contributed by atoms with E-state index in [9.17, 15) is 4.39 Å². The SMILES string of the molecule is CCCNC(c1cc(C)ccc1F)C1CC(C)CC(C)C1. The molecule has 3 unspecified atom stereocenters. The van der Waals surface area contributed by atoms with Gasteiger partial charge in [-0.3, -0.25) is 0 Å². The van der Waals surface area contributed by atoms with Gasteiger partial charge in [-0.1, -0.05) is 38.5 Å². The van der Waals surface area contributed by atoms with Crippen LogP contribution in [-0.4, -0.2) is 6.54 Å². The topological polar surface area (TPSA) is 12.0 Å². The molecule has 1 aliphatic rings. The van der Waals surface area contributed by atoms with E-state index in [2.05, 4.69) is 26.1 Å². The summed E-state index contributed by atoms with van der Waals surface area (Å²) in [7, 11) is 0. The van der Waals surface area contributed by atoms with Crippen LogP contribution < -0.4 is 5.32 Å². The molecule has 1 aliphatic carbocycles. The zero-order valence-corrected chi connectivity index (χ0v) is 14.0. The monoisotopic (exact) mass is 291 g/mol. The number of halogens is 1. The van der Waals surface area contributed by atoms with E-state index in [1.165, 1.54) is 19.3 Å². The average molecular weight is 291 g/mol. The molecule has 21 heavy (non-hydrogen) atoms. The Morgan fingerprint density at radius 2 is 1.86 bits per heavy atom. The number of hydrogen-bond donors (Lipinski definition) is 1. The molecule has 1 fully saturated rings. The lowest BCUT2D eigenvalue weighted by Gasteiger charge is -2.37. The van der Waals surface area contributed by atoms with Gasteiger partial charge in [0.2, 0.25) is 0 Å². The first-order chi connectivity index (χ1) is 10.0. The van der Waals surface area contributed by atoms with Crippen LogP contribution in [0.3, 0.4) is 0 Å². The lowest BCUT2D eigenvalue weighted by atomic mass is 9.72. The van der Waals surface area contributed by atoms with Crippen molar-refractivity contribution in [1.29, 1.82) is 0 Å². The first-order valence-electron chi connectivity index (χ1n) is 8.50. The Hall–Kier alpha value is -0.890. The number of hydrogen-bond acceptors (Lipinski definition) is 1. The van der Waals surface area contributed by atoms with Crippen molar-refractivity contribution in [2.45, 2.75) is 59.4 Å². The lowest BCUT2D eigenvalue weighted by Crippen LogP contribution is -2.34. The zero-order valence-electron chi connectivity index (χ0n) is 14.0. The van der Waals surface area contributed by atoms with Crippen LogP contribution >= 0.6 is 0 Å². The Balaban J connectivity index is 2.26. The summed E-state index contributed by atoms with van der Waals surface area (Å²) in [5.74, 6) is 1.99. The Morgan fingerprint density at radius 1 is 1.19 bits per heavy atom. The van der Waals surface area contributed by atoms with Gasteiger partial charge in [0.15, 0.2) is 0 Å². The molecule has 1 saturated carbocycles. The summed E-state index contributed by atoms with van der Waals surface area (Å²) in [6.07, 6.45) is 4.81. The summed E-state index contributed by atoms with van der Waals surface area (Å²) in [4.78, 5) is 0. The third kappa shape index (κ3) is 4.29. The predicted molar refractivity (Wildman–Crippen MR) is 87.8 cm³/mol. The van der Waals surface area contributed by atoms with Gasteiger partial charge in [0, 0.05) is 11.6 Å². The van der Waals surface area contributed by atoms with E-state index in [0.29, 0.717) is 5.92 Å². The molecule has 0 saturated heterocycles. The fraction of sp³-hybridized carbons (Fsp3) is 0.684. The van der Waals surface area contributed by atoms with Gasteiger partial charge < -0.3 is 5.32 Å². The Morgan fingerprint density at radius 3 is 2.48 bits per heavy atom. The molecule has 1 aromatic rings. The van der Waals surface area contributed by atoms with Gasteiger partial charge >= 0.3 is 0 Å². The number of rotatable bonds is 5. The van der Waals surface area contributed by atoms with Crippen molar-refractivity contribution in [1.82, 2.24) is 5.32 Å². The van der Waals surface area contributed by atoms with Gasteiger partial charge in [0.25, 0.3) is 0 Å². The minimum Gasteiger partial charge on any atom is -0.310 e. The molecular formula is C19H30FN. The smallest absolute Gasteiger partial charge is 0.128 e. The maximum Gasteiger partial charge on any atom is 0.128 e. The number of benzene rings is 1. The summed E-state index contributed by atoms with van der Waals surface area (Å²) in [6.45, 7) is 9.85. The highest BCUT2D eigenvalue weighted by atomic mass is 19.1. The van der Waals surface area contributed by atoms with E-state index in [1.54, 1.807) is 6.07 Å². The first-order valence-corrected chi connectivity index (χ1v) is 8.50. The molecule has 2 heteroatoms. The van der Waals surface area contributed by atoms with E-state index >= 15 is 0 Å². The van der Waals surface area contributed by atoms with Gasteiger partial charge in [0.05, 0.1) is 0 Å². The largest absolute Gasteiger partial charge is 0.310 e. The number of nitrogens with one attached hydrogen (secondary N) is 1. The van der Waals surface area contributed by atoms with Crippen molar-refractivity contribution in [2.24, 2.45) is 17.8 Å². The quantitative estimate of drug-likeness (QED) is 0.781. The third-order valence-corrected chi connectivity index (χ3v) is 4.79. The fourth-order valence-electron chi connectivity index (χ4n) is 4.01. The zero-order chi connectivity index (χ0) is 15.4. The Kier molecular flexibility index (Phi) is 5.80. The fourth-order valence-corrected chi connectivity index (χ4v) is 4.01. The van der Waals surface area contributed by atoms with Gasteiger partial charge in [-0.25, -0.2) is 4.39 Å². The normalized spacial score (nSPS) is 27.6. The Labute approximate surface area is 129 Å². The summed E-state index contributed by atoms with van der Waals surface area (Å²) in [5, 5.41) is 3.62. The van der Waals surface area contributed by atoms with Crippen LogP contribution in [0.5, 0.6) is 0 Å². The third-order valence-electron chi connectivity index (χ3n) is 4.79. The van der Waals surface area contributed by atoms with Gasteiger partial charge in [-0.15, -0.1) is 0 Å². The minimum absolute atomic E-state index is 0.0555. The van der Waals surface area contributed by atoms with Crippen molar-refractivity contribution in [2.75, 3.05) is 6.54 Å². The molecule has 0 bridgehead atoms. The van der Waals surface area contributed by atoms with E-state index in [1.807, 2.05) is 19.1 Å². The molecule has 1 aromatic carbocycles. The second-order valence-electron chi connectivity index (χ2n) is 7.13. The average Bonchev–Trinajstić information content (AvgIpc) is 2.42.